The van der Waals surface area contributed by atoms with Crippen molar-refractivity contribution in [2.24, 2.45) is 0 Å². The molecule has 0 aliphatic rings. The third-order valence-electron chi connectivity index (χ3n) is 3.77. The molecular formula is C18H14N2O4S. The molecule has 0 radical (unpaired) electrons. The second-order valence-corrected chi connectivity index (χ2v) is 6.33. The molecule has 126 valence electrons. The van der Waals surface area contributed by atoms with Crippen molar-refractivity contribution in [2.75, 3.05) is 19.5 Å². The predicted molar refractivity (Wildman–Crippen MR) is 96.9 cm³/mol. The fraction of sp³-hybridized carbons (Fsp3) is 0.111. The lowest BCUT2D eigenvalue weighted by Gasteiger charge is -1.99. The second kappa shape index (κ2) is 6.10. The van der Waals surface area contributed by atoms with E-state index >= 15 is 0 Å². The first-order valence-electron chi connectivity index (χ1n) is 7.50. The van der Waals surface area contributed by atoms with Gasteiger partial charge in [0.25, 0.3) is 5.91 Å². The zero-order valence-electron chi connectivity index (χ0n) is 13.5. The van der Waals surface area contributed by atoms with Crippen LogP contribution in [0, 0.1) is 0 Å². The van der Waals surface area contributed by atoms with Gasteiger partial charge < -0.3 is 13.9 Å². The summed E-state index contributed by atoms with van der Waals surface area (Å²) in [4.78, 5) is 16.9. The van der Waals surface area contributed by atoms with Crippen LogP contribution >= 0.6 is 11.3 Å². The van der Waals surface area contributed by atoms with Crippen molar-refractivity contribution in [1.82, 2.24) is 4.98 Å². The highest BCUT2D eigenvalue weighted by Gasteiger charge is 2.16. The number of aromatic nitrogens is 1. The minimum Gasteiger partial charge on any atom is -0.497 e. The number of hydrogen-bond donors (Lipinski definition) is 1. The molecule has 6 nitrogen and oxygen atoms in total. The number of furan rings is 1. The first-order chi connectivity index (χ1) is 12.2. The lowest BCUT2D eigenvalue weighted by molar-refractivity contribution is 0.0998. The second-order valence-electron chi connectivity index (χ2n) is 5.30. The number of para-hydroxylation sites is 1. The number of hydrogen-bond acceptors (Lipinski definition) is 6. The Bertz CT molecular complexity index is 1080. The molecule has 1 N–H and O–H groups in total. The lowest BCUT2D eigenvalue weighted by Crippen LogP contribution is -2.10. The molecule has 2 aromatic heterocycles. The van der Waals surface area contributed by atoms with Gasteiger partial charge in [0.15, 0.2) is 22.2 Å². The monoisotopic (exact) mass is 354 g/mol. The van der Waals surface area contributed by atoms with Gasteiger partial charge in [-0.3, -0.25) is 10.1 Å². The number of ether oxygens (including phenoxy) is 2. The number of amides is 1. The normalized spacial score (nSPS) is 11.0. The fourth-order valence-corrected chi connectivity index (χ4v) is 3.44. The zero-order chi connectivity index (χ0) is 17.4. The lowest BCUT2D eigenvalue weighted by atomic mass is 10.2. The number of methoxy groups -OCH3 is 2. The highest BCUT2D eigenvalue weighted by atomic mass is 32.1. The van der Waals surface area contributed by atoms with Crippen molar-refractivity contribution >= 4 is 43.6 Å². The van der Waals surface area contributed by atoms with Gasteiger partial charge in [-0.15, -0.1) is 0 Å². The third kappa shape index (κ3) is 2.78. The summed E-state index contributed by atoms with van der Waals surface area (Å²) in [5.74, 6) is 1.18. The van der Waals surface area contributed by atoms with Gasteiger partial charge in [-0.25, -0.2) is 4.98 Å². The Labute approximate surface area is 147 Å². The molecule has 7 heteroatoms. The molecule has 2 aromatic carbocycles. The Hall–Kier alpha value is -3.06. The van der Waals surface area contributed by atoms with Gasteiger partial charge >= 0.3 is 0 Å². The van der Waals surface area contributed by atoms with Crippen LogP contribution in [-0.2, 0) is 0 Å². The summed E-state index contributed by atoms with van der Waals surface area (Å²) in [5.41, 5.74) is 1.34. The number of carbonyl (C=O) groups is 1. The molecule has 25 heavy (non-hydrogen) atoms. The topological polar surface area (TPSA) is 73.6 Å². The minimum atomic E-state index is -0.357. The maximum Gasteiger partial charge on any atom is 0.293 e. The number of thiazole rings is 1. The third-order valence-corrected chi connectivity index (χ3v) is 4.70. The first kappa shape index (κ1) is 15.5. The number of fused-ring (bicyclic) bond motifs is 2. The first-order valence-corrected chi connectivity index (χ1v) is 8.32. The molecule has 2 heterocycles. The Morgan fingerprint density at radius 2 is 2.04 bits per heavy atom. The summed E-state index contributed by atoms with van der Waals surface area (Å²) in [6.07, 6.45) is 0. The average Bonchev–Trinajstić information content (AvgIpc) is 3.23. The van der Waals surface area contributed by atoms with Crippen molar-refractivity contribution in [3.05, 3.63) is 48.2 Å². The Kier molecular flexibility index (Phi) is 3.77. The molecule has 4 aromatic rings. The van der Waals surface area contributed by atoms with Gasteiger partial charge in [-0.2, -0.15) is 0 Å². The van der Waals surface area contributed by atoms with Crippen LogP contribution in [0.15, 0.2) is 46.9 Å². The van der Waals surface area contributed by atoms with E-state index in [1.165, 1.54) is 11.3 Å². The standard InChI is InChI=1S/C18H14N2O4S/c1-22-11-6-7-12-15(9-11)25-18(19-12)20-17(21)14-8-10-4-3-5-13(23-2)16(10)24-14/h3-9H,1-2H3,(H,19,20,21). The molecule has 0 fully saturated rings. The van der Waals surface area contributed by atoms with Crippen LogP contribution in [0.25, 0.3) is 21.2 Å². The van der Waals surface area contributed by atoms with Gasteiger partial charge in [-0.1, -0.05) is 23.5 Å². The van der Waals surface area contributed by atoms with E-state index in [1.54, 1.807) is 26.4 Å². The van der Waals surface area contributed by atoms with Crippen molar-refractivity contribution in [3.8, 4) is 11.5 Å². The van der Waals surface area contributed by atoms with Crippen LogP contribution in [0.4, 0.5) is 5.13 Å². The smallest absolute Gasteiger partial charge is 0.293 e. The van der Waals surface area contributed by atoms with Crippen LogP contribution in [0.2, 0.25) is 0 Å². The Balaban J connectivity index is 1.63. The summed E-state index contributed by atoms with van der Waals surface area (Å²) >= 11 is 1.37. The van der Waals surface area contributed by atoms with Crippen LogP contribution in [0.5, 0.6) is 11.5 Å². The van der Waals surface area contributed by atoms with E-state index in [9.17, 15) is 4.79 Å². The van der Waals surface area contributed by atoms with E-state index in [2.05, 4.69) is 10.3 Å². The molecule has 0 unspecified atom stereocenters. The van der Waals surface area contributed by atoms with Crippen LogP contribution < -0.4 is 14.8 Å². The van der Waals surface area contributed by atoms with Crippen LogP contribution in [-0.4, -0.2) is 25.1 Å². The maximum absolute atomic E-state index is 12.5. The van der Waals surface area contributed by atoms with Crippen LogP contribution in [0.1, 0.15) is 10.6 Å². The molecule has 0 spiro atoms. The van der Waals surface area contributed by atoms with Crippen molar-refractivity contribution in [2.45, 2.75) is 0 Å². The summed E-state index contributed by atoms with van der Waals surface area (Å²) in [5, 5.41) is 4.08. The van der Waals surface area contributed by atoms with E-state index in [4.69, 9.17) is 13.9 Å². The van der Waals surface area contributed by atoms with Crippen LogP contribution in [0.3, 0.4) is 0 Å². The van der Waals surface area contributed by atoms with Gasteiger partial charge in [0.2, 0.25) is 0 Å². The predicted octanol–water partition coefficient (Wildman–Crippen LogP) is 4.31. The Morgan fingerprint density at radius 3 is 2.84 bits per heavy atom. The SMILES string of the molecule is COc1ccc2nc(NC(=O)c3cc4cccc(OC)c4o3)sc2c1. The number of nitrogens with zero attached hydrogens (tertiary/aromatic N) is 1. The van der Waals surface area contributed by atoms with E-state index in [-0.39, 0.29) is 11.7 Å². The summed E-state index contributed by atoms with van der Waals surface area (Å²) in [6, 6.07) is 12.7. The average molecular weight is 354 g/mol. The number of anilines is 1. The highest BCUT2D eigenvalue weighted by molar-refractivity contribution is 7.22. The number of nitrogens with one attached hydrogen (secondary N) is 1. The maximum atomic E-state index is 12.5. The molecule has 1 amide bonds. The van der Waals surface area contributed by atoms with E-state index in [0.29, 0.717) is 16.5 Å². The zero-order valence-corrected chi connectivity index (χ0v) is 14.3. The largest absolute Gasteiger partial charge is 0.497 e. The minimum absolute atomic E-state index is 0.205. The fourth-order valence-electron chi connectivity index (χ4n) is 2.55. The van der Waals surface area contributed by atoms with Gasteiger partial charge in [0, 0.05) is 5.39 Å². The summed E-state index contributed by atoms with van der Waals surface area (Å²) in [6.45, 7) is 0. The molecule has 0 saturated heterocycles. The quantitative estimate of drug-likeness (QED) is 0.591. The Morgan fingerprint density at radius 1 is 1.16 bits per heavy atom. The molecule has 0 aliphatic carbocycles. The van der Waals surface area contributed by atoms with Gasteiger partial charge in [0.1, 0.15) is 5.75 Å². The van der Waals surface area contributed by atoms with E-state index in [1.807, 2.05) is 30.3 Å². The molecule has 4 rings (SSSR count). The highest BCUT2D eigenvalue weighted by Crippen LogP contribution is 2.31. The molecule has 0 bridgehead atoms. The van der Waals surface area contributed by atoms with Crippen molar-refractivity contribution in [3.63, 3.8) is 0 Å². The van der Waals surface area contributed by atoms with Crippen molar-refractivity contribution < 1.29 is 18.7 Å². The van der Waals surface area contributed by atoms with E-state index in [0.717, 1.165) is 21.4 Å². The number of carbonyl (C=O) groups excluding carboxylic acids is 1. The molecule has 0 saturated carbocycles. The summed E-state index contributed by atoms with van der Waals surface area (Å²) in [7, 11) is 3.17. The van der Waals surface area contributed by atoms with Crippen molar-refractivity contribution in [1.29, 1.82) is 0 Å². The van der Waals surface area contributed by atoms with Gasteiger partial charge in [0.05, 0.1) is 24.4 Å². The molecular weight excluding hydrogens is 340 g/mol. The number of benzene rings is 2. The number of rotatable bonds is 4. The molecule has 0 aliphatic heterocycles. The van der Waals surface area contributed by atoms with E-state index < -0.39 is 0 Å². The summed E-state index contributed by atoms with van der Waals surface area (Å²) < 4.78 is 17.0. The molecule has 0 atom stereocenters. The van der Waals surface area contributed by atoms with Gasteiger partial charge in [-0.05, 0) is 30.3 Å².